The minimum absolute atomic E-state index is 0.0621. The number of amides is 1. The summed E-state index contributed by atoms with van der Waals surface area (Å²) in [6, 6.07) is 5.62. The van der Waals surface area contributed by atoms with E-state index in [1.54, 1.807) is 7.11 Å². The van der Waals surface area contributed by atoms with Gasteiger partial charge < -0.3 is 15.2 Å². The number of nitrogens with one attached hydrogen (secondary N) is 1. The van der Waals surface area contributed by atoms with Crippen molar-refractivity contribution in [3.05, 3.63) is 29.3 Å². The van der Waals surface area contributed by atoms with Crippen molar-refractivity contribution in [3.63, 3.8) is 0 Å². The third-order valence-corrected chi connectivity index (χ3v) is 2.50. The van der Waals surface area contributed by atoms with Crippen LogP contribution >= 0.6 is 0 Å². The molecule has 0 saturated heterocycles. The molecule has 0 spiro atoms. The maximum absolute atomic E-state index is 11.7. The van der Waals surface area contributed by atoms with Gasteiger partial charge >= 0.3 is 0 Å². The van der Waals surface area contributed by atoms with Gasteiger partial charge in [-0.3, -0.25) is 4.79 Å². The minimum atomic E-state index is -0.199. The van der Waals surface area contributed by atoms with E-state index in [1.807, 2.05) is 25.1 Å². The van der Waals surface area contributed by atoms with Crippen molar-refractivity contribution in [2.24, 2.45) is 0 Å². The Hall–Kier alpha value is -1.83. The summed E-state index contributed by atoms with van der Waals surface area (Å²) in [6.07, 6.45) is 1.10. The summed E-state index contributed by atoms with van der Waals surface area (Å²) < 4.78 is 4.90. The molecule has 0 aromatic heterocycles. The van der Waals surface area contributed by atoms with Crippen LogP contribution < -0.4 is 5.32 Å². The Labute approximate surface area is 113 Å². The van der Waals surface area contributed by atoms with Crippen molar-refractivity contribution in [1.82, 2.24) is 0 Å². The van der Waals surface area contributed by atoms with Crippen molar-refractivity contribution in [1.29, 1.82) is 0 Å². The van der Waals surface area contributed by atoms with E-state index in [1.165, 1.54) is 0 Å². The van der Waals surface area contributed by atoms with Crippen molar-refractivity contribution in [2.45, 2.75) is 19.8 Å². The van der Waals surface area contributed by atoms with Gasteiger partial charge in [-0.2, -0.15) is 0 Å². The number of benzene rings is 1. The fourth-order valence-electron chi connectivity index (χ4n) is 1.60. The summed E-state index contributed by atoms with van der Waals surface area (Å²) in [5, 5.41) is 11.6. The van der Waals surface area contributed by atoms with Gasteiger partial charge in [0.05, 0.1) is 5.69 Å². The number of hydrogen-bond donors (Lipinski definition) is 2. The molecule has 19 heavy (non-hydrogen) atoms. The number of anilines is 1. The highest BCUT2D eigenvalue weighted by Gasteiger charge is 2.05. The van der Waals surface area contributed by atoms with Crippen LogP contribution in [0.2, 0.25) is 0 Å². The van der Waals surface area contributed by atoms with Gasteiger partial charge in [0.2, 0.25) is 5.91 Å². The fourth-order valence-corrected chi connectivity index (χ4v) is 1.60. The quantitative estimate of drug-likeness (QED) is 0.626. The number of carbonyl (C=O) groups excluding carboxylic acids is 1. The average molecular weight is 261 g/mol. The molecule has 0 unspecified atom stereocenters. The maximum Gasteiger partial charge on any atom is 0.224 e. The molecule has 2 N–H and O–H groups in total. The van der Waals surface area contributed by atoms with Gasteiger partial charge in [-0.1, -0.05) is 17.9 Å². The third kappa shape index (κ3) is 5.56. The van der Waals surface area contributed by atoms with Crippen molar-refractivity contribution in [3.8, 4) is 11.8 Å². The van der Waals surface area contributed by atoms with Crippen molar-refractivity contribution < 1.29 is 14.6 Å². The lowest BCUT2D eigenvalue weighted by Crippen LogP contribution is -2.13. The number of carbonyl (C=O) groups is 1. The number of aryl methyl sites for hydroxylation is 1. The van der Waals surface area contributed by atoms with Crippen LogP contribution in [0.3, 0.4) is 0 Å². The van der Waals surface area contributed by atoms with Crippen LogP contribution in [0.25, 0.3) is 0 Å². The fraction of sp³-hybridized carbons (Fsp3) is 0.400. The molecule has 4 nitrogen and oxygen atoms in total. The molecule has 1 aromatic rings. The van der Waals surface area contributed by atoms with E-state index in [0.717, 1.165) is 5.56 Å². The molecule has 0 bridgehead atoms. The summed E-state index contributed by atoms with van der Waals surface area (Å²) >= 11 is 0. The second kappa shape index (κ2) is 8.30. The van der Waals surface area contributed by atoms with Gasteiger partial charge in [0.15, 0.2) is 0 Å². The zero-order valence-corrected chi connectivity index (χ0v) is 11.3. The van der Waals surface area contributed by atoms with Gasteiger partial charge in [0, 0.05) is 25.7 Å². The summed E-state index contributed by atoms with van der Waals surface area (Å²) in [4.78, 5) is 11.7. The van der Waals surface area contributed by atoms with Crippen molar-refractivity contribution >= 4 is 11.6 Å². The Balaban J connectivity index is 2.74. The van der Waals surface area contributed by atoms with Gasteiger partial charge in [-0.15, -0.1) is 0 Å². The molecule has 1 rings (SSSR count). The zero-order valence-electron chi connectivity index (χ0n) is 11.3. The first-order valence-electron chi connectivity index (χ1n) is 6.16. The largest absolute Gasteiger partial charge is 0.385 e. The summed E-state index contributed by atoms with van der Waals surface area (Å²) in [5.41, 5.74) is 2.45. The first kappa shape index (κ1) is 15.2. The van der Waals surface area contributed by atoms with E-state index in [0.29, 0.717) is 30.7 Å². The van der Waals surface area contributed by atoms with E-state index >= 15 is 0 Å². The van der Waals surface area contributed by atoms with E-state index < -0.39 is 0 Å². The normalized spacial score (nSPS) is 9.63. The van der Waals surface area contributed by atoms with E-state index in [9.17, 15) is 4.79 Å². The van der Waals surface area contributed by atoms with Crippen LogP contribution in [0.1, 0.15) is 24.0 Å². The molecule has 0 aliphatic carbocycles. The molecule has 1 amide bonds. The van der Waals surface area contributed by atoms with E-state index in [2.05, 4.69) is 17.2 Å². The summed E-state index contributed by atoms with van der Waals surface area (Å²) in [6.45, 7) is 2.32. The van der Waals surface area contributed by atoms with E-state index in [-0.39, 0.29) is 12.5 Å². The first-order valence-corrected chi connectivity index (χ1v) is 6.16. The average Bonchev–Trinajstić information content (AvgIpc) is 2.39. The number of hydrogen-bond acceptors (Lipinski definition) is 3. The monoisotopic (exact) mass is 261 g/mol. The number of aliphatic hydroxyl groups excluding tert-OH is 1. The molecular weight excluding hydrogens is 242 g/mol. The van der Waals surface area contributed by atoms with Crippen LogP contribution in [0.15, 0.2) is 18.2 Å². The predicted octanol–water partition coefficient (Wildman–Crippen LogP) is 1.70. The van der Waals surface area contributed by atoms with Crippen LogP contribution in [0.4, 0.5) is 5.69 Å². The minimum Gasteiger partial charge on any atom is -0.385 e. The molecule has 0 radical (unpaired) electrons. The number of aliphatic hydroxyl groups is 1. The SMILES string of the molecule is COCCCC(=O)Nc1ccc(C)cc1C#CCO. The lowest BCUT2D eigenvalue weighted by molar-refractivity contribution is -0.116. The van der Waals surface area contributed by atoms with Crippen LogP contribution in [-0.2, 0) is 9.53 Å². The van der Waals surface area contributed by atoms with Crippen LogP contribution in [-0.4, -0.2) is 31.3 Å². The smallest absolute Gasteiger partial charge is 0.224 e. The number of methoxy groups -OCH3 is 1. The Morgan fingerprint density at radius 2 is 2.26 bits per heavy atom. The molecule has 1 aromatic carbocycles. The highest BCUT2D eigenvalue weighted by Crippen LogP contribution is 2.16. The molecule has 0 saturated carbocycles. The van der Waals surface area contributed by atoms with Crippen LogP contribution in [0.5, 0.6) is 0 Å². The molecule has 0 aliphatic heterocycles. The second-order valence-corrected chi connectivity index (χ2v) is 4.15. The standard InChI is InChI=1S/C15H19NO3/c1-12-7-8-14(13(11-12)5-3-9-17)16-15(18)6-4-10-19-2/h7-8,11,17H,4,6,9-10H2,1-2H3,(H,16,18). The lowest BCUT2D eigenvalue weighted by atomic mass is 10.1. The van der Waals surface area contributed by atoms with Crippen LogP contribution in [0, 0.1) is 18.8 Å². The number of ether oxygens (including phenoxy) is 1. The first-order chi connectivity index (χ1) is 9.17. The predicted molar refractivity (Wildman–Crippen MR) is 74.9 cm³/mol. The highest BCUT2D eigenvalue weighted by atomic mass is 16.5. The molecule has 0 aliphatic rings. The highest BCUT2D eigenvalue weighted by molar-refractivity contribution is 5.92. The third-order valence-electron chi connectivity index (χ3n) is 2.50. The summed E-state index contributed by atoms with van der Waals surface area (Å²) in [7, 11) is 1.61. The topological polar surface area (TPSA) is 58.6 Å². The summed E-state index contributed by atoms with van der Waals surface area (Å²) in [5.74, 6) is 5.37. The Kier molecular flexibility index (Phi) is 6.65. The molecule has 0 fully saturated rings. The Morgan fingerprint density at radius 3 is 2.95 bits per heavy atom. The Bertz CT molecular complexity index is 486. The maximum atomic E-state index is 11.7. The Morgan fingerprint density at radius 1 is 1.47 bits per heavy atom. The molecule has 0 atom stereocenters. The van der Waals surface area contributed by atoms with Gasteiger partial charge in [0.1, 0.15) is 6.61 Å². The van der Waals surface area contributed by atoms with Gasteiger partial charge in [-0.25, -0.2) is 0 Å². The lowest BCUT2D eigenvalue weighted by Gasteiger charge is -2.08. The molecule has 4 heteroatoms. The van der Waals surface area contributed by atoms with Crippen molar-refractivity contribution in [2.75, 3.05) is 25.6 Å². The molecule has 0 heterocycles. The van der Waals surface area contributed by atoms with E-state index in [4.69, 9.17) is 9.84 Å². The molecule has 102 valence electrons. The molecular formula is C15H19NO3. The number of rotatable bonds is 5. The van der Waals surface area contributed by atoms with Gasteiger partial charge in [0.25, 0.3) is 0 Å². The zero-order chi connectivity index (χ0) is 14.1. The van der Waals surface area contributed by atoms with Gasteiger partial charge in [-0.05, 0) is 31.0 Å². The second-order valence-electron chi connectivity index (χ2n) is 4.15.